The molecule has 3 nitrogen and oxygen atoms in total. The second kappa shape index (κ2) is 9.54. The molecular weight excluding hydrogens is 320 g/mol. The lowest BCUT2D eigenvalue weighted by Gasteiger charge is -2.34. The number of carbonyl (C=O) groups is 1. The van der Waals surface area contributed by atoms with E-state index in [-0.39, 0.29) is 5.92 Å². The van der Waals surface area contributed by atoms with Gasteiger partial charge < -0.3 is 4.90 Å². The maximum Gasteiger partial charge on any atom is 0.226 e. The van der Waals surface area contributed by atoms with Gasteiger partial charge in [-0.1, -0.05) is 60.7 Å². The number of piperidine rings is 1. The second-order valence-electron chi connectivity index (χ2n) is 7.21. The summed E-state index contributed by atoms with van der Waals surface area (Å²) in [6.07, 6.45) is 3.06. The normalized spacial score (nSPS) is 17.8. The third-order valence-electron chi connectivity index (χ3n) is 5.31. The summed E-state index contributed by atoms with van der Waals surface area (Å²) >= 11 is 0. The molecule has 0 radical (unpaired) electrons. The number of carbonyl (C=O) groups excluding carboxylic acids is 1. The van der Waals surface area contributed by atoms with Gasteiger partial charge in [0.1, 0.15) is 0 Å². The Hall–Kier alpha value is -2.13. The minimum Gasteiger partial charge on any atom is -0.342 e. The fraction of sp³-hybridized carbons (Fsp3) is 0.435. The smallest absolute Gasteiger partial charge is 0.226 e. The van der Waals surface area contributed by atoms with Crippen LogP contribution in [0.15, 0.2) is 60.7 Å². The molecule has 1 saturated heterocycles. The molecule has 1 unspecified atom stereocenters. The SMILES string of the molecule is CCN(CCc1ccccc1)C(=O)C1CCCN(Cc2ccccc2)C1. The van der Waals surface area contributed by atoms with Crippen molar-refractivity contribution in [3.63, 3.8) is 0 Å². The van der Waals surface area contributed by atoms with Gasteiger partial charge in [-0.25, -0.2) is 0 Å². The summed E-state index contributed by atoms with van der Waals surface area (Å²) in [4.78, 5) is 17.5. The van der Waals surface area contributed by atoms with Crippen molar-refractivity contribution in [2.75, 3.05) is 26.2 Å². The third kappa shape index (κ3) is 5.18. The molecule has 0 N–H and O–H groups in total. The van der Waals surface area contributed by atoms with E-state index in [2.05, 4.69) is 66.4 Å². The van der Waals surface area contributed by atoms with Crippen LogP contribution in [0, 0.1) is 5.92 Å². The van der Waals surface area contributed by atoms with Crippen molar-refractivity contribution >= 4 is 5.91 Å². The molecule has 3 rings (SSSR count). The maximum atomic E-state index is 13.0. The van der Waals surface area contributed by atoms with E-state index in [1.807, 2.05) is 11.0 Å². The Balaban J connectivity index is 1.54. The van der Waals surface area contributed by atoms with Crippen molar-refractivity contribution in [3.8, 4) is 0 Å². The van der Waals surface area contributed by atoms with E-state index in [0.717, 1.165) is 52.0 Å². The average Bonchev–Trinajstić information content (AvgIpc) is 2.70. The van der Waals surface area contributed by atoms with Gasteiger partial charge in [-0.2, -0.15) is 0 Å². The van der Waals surface area contributed by atoms with E-state index < -0.39 is 0 Å². The maximum absolute atomic E-state index is 13.0. The highest BCUT2D eigenvalue weighted by Gasteiger charge is 2.28. The molecule has 1 aliphatic rings. The Labute approximate surface area is 157 Å². The van der Waals surface area contributed by atoms with Gasteiger partial charge in [-0.15, -0.1) is 0 Å². The number of likely N-dealkylation sites (N-methyl/N-ethyl adjacent to an activating group) is 1. The van der Waals surface area contributed by atoms with Crippen LogP contribution in [-0.4, -0.2) is 41.9 Å². The summed E-state index contributed by atoms with van der Waals surface area (Å²) in [5.41, 5.74) is 2.63. The third-order valence-corrected chi connectivity index (χ3v) is 5.31. The second-order valence-corrected chi connectivity index (χ2v) is 7.21. The van der Waals surface area contributed by atoms with E-state index in [4.69, 9.17) is 0 Å². The molecule has 0 saturated carbocycles. The summed E-state index contributed by atoms with van der Waals surface area (Å²) < 4.78 is 0. The Morgan fingerprint density at radius 2 is 1.69 bits per heavy atom. The van der Waals surface area contributed by atoms with Crippen molar-refractivity contribution in [1.29, 1.82) is 0 Å². The van der Waals surface area contributed by atoms with Crippen molar-refractivity contribution < 1.29 is 4.79 Å². The van der Waals surface area contributed by atoms with E-state index >= 15 is 0 Å². The molecule has 1 aliphatic heterocycles. The van der Waals surface area contributed by atoms with Crippen LogP contribution < -0.4 is 0 Å². The molecule has 1 heterocycles. The molecule has 1 fully saturated rings. The topological polar surface area (TPSA) is 23.6 Å². The Kier molecular flexibility index (Phi) is 6.84. The van der Waals surface area contributed by atoms with Crippen LogP contribution >= 0.6 is 0 Å². The predicted octanol–water partition coefficient (Wildman–Crippen LogP) is 3.99. The molecule has 0 spiro atoms. The van der Waals surface area contributed by atoms with Crippen molar-refractivity contribution in [3.05, 3.63) is 71.8 Å². The number of benzene rings is 2. The number of likely N-dealkylation sites (tertiary alicyclic amines) is 1. The van der Waals surface area contributed by atoms with Gasteiger partial charge in [0.05, 0.1) is 5.92 Å². The van der Waals surface area contributed by atoms with Crippen molar-refractivity contribution in [1.82, 2.24) is 9.80 Å². The van der Waals surface area contributed by atoms with Crippen LogP contribution in [0.4, 0.5) is 0 Å². The van der Waals surface area contributed by atoms with E-state index in [1.165, 1.54) is 11.1 Å². The van der Waals surface area contributed by atoms with Crippen molar-refractivity contribution in [2.24, 2.45) is 5.92 Å². The highest BCUT2D eigenvalue weighted by Crippen LogP contribution is 2.21. The molecule has 2 aromatic carbocycles. The minimum atomic E-state index is 0.142. The lowest BCUT2D eigenvalue weighted by Crippen LogP contribution is -2.45. The Bertz CT molecular complexity index is 671. The standard InChI is InChI=1S/C23H30N2O/c1-2-25(17-15-20-10-5-3-6-11-20)23(26)22-14-9-16-24(19-22)18-21-12-7-4-8-13-21/h3-8,10-13,22H,2,9,14-19H2,1H3. The van der Waals surface area contributed by atoms with E-state index in [0.29, 0.717) is 5.91 Å². The van der Waals surface area contributed by atoms with Gasteiger partial charge in [-0.3, -0.25) is 9.69 Å². The van der Waals surface area contributed by atoms with Gasteiger partial charge in [0.15, 0.2) is 0 Å². The van der Waals surface area contributed by atoms with E-state index in [9.17, 15) is 4.79 Å². The first-order chi connectivity index (χ1) is 12.8. The Morgan fingerprint density at radius 1 is 1.04 bits per heavy atom. The quantitative estimate of drug-likeness (QED) is 0.754. The fourth-order valence-corrected chi connectivity index (χ4v) is 3.83. The zero-order valence-electron chi connectivity index (χ0n) is 15.8. The van der Waals surface area contributed by atoms with Crippen LogP contribution in [0.5, 0.6) is 0 Å². The first-order valence-electron chi connectivity index (χ1n) is 9.85. The number of rotatable bonds is 7. The molecular formula is C23H30N2O. The first kappa shape index (κ1) is 18.7. The molecule has 26 heavy (non-hydrogen) atoms. The molecule has 2 aromatic rings. The van der Waals surface area contributed by atoms with Gasteiger partial charge >= 0.3 is 0 Å². The molecule has 138 valence electrons. The van der Waals surface area contributed by atoms with E-state index in [1.54, 1.807) is 0 Å². The van der Waals surface area contributed by atoms with Crippen LogP contribution in [0.2, 0.25) is 0 Å². The molecule has 0 aliphatic carbocycles. The molecule has 0 aromatic heterocycles. The lowest BCUT2D eigenvalue weighted by molar-refractivity contribution is -0.137. The zero-order chi connectivity index (χ0) is 18.2. The average molecular weight is 351 g/mol. The number of hydrogen-bond acceptors (Lipinski definition) is 2. The summed E-state index contributed by atoms with van der Waals surface area (Å²) in [7, 11) is 0. The van der Waals surface area contributed by atoms with Crippen LogP contribution in [0.25, 0.3) is 0 Å². The molecule has 1 atom stereocenters. The van der Waals surface area contributed by atoms with Crippen molar-refractivity contribution in [2.45, 2.75) is 32.7 Å². The largest absolute Gasteiger partial charge is 0.342 e. The monoisotopic (exact) mass is 350 g/mol. The van der Waals surface area contributed by atoms with Gasteiger partial charge in [-0.05, 0) is 43.9 Å². The Morgan fingerprint density at radius 3 is 2.35 bits per heavy atom. The summed E-state index contributed by atoms with van der Waals surface area (Å²) in [5.74, 6) is 0.476. The number of amides is 1. The summed E-state index contributed by atoms with van der Waals surface area (Å²) in [6, 6.07) is 21.0. The molecule has 1 amide bonds. The molecule has 0 bridgehead atoms. The number of hydrogen-bond donors (Lipinski definition) is 0. The highest BCUT2D eigenvalue weighted by molar-refractivity contribution is 5.79. The van der Waals surface area contributed by atoms with Gasteiger partial charge in [0.2, 0.25) is 5.91 Å². The van der Waals surface area contributed by atoms with Crippen LogP contribution in [0.1, 0.15) is 30.9 Å². The van der Waals surface area contributed by atoms with Crippen LogP contribution in [0.3, 0.4) is 0 Å². The minimum absolute atomic E-state index is 0.142. The highest BCUT2D eigenvalue weighted by atomic mass is 16.2. The molecule has 3 heteroatoms. The zero-order valence-corrected chi connectivity index (χ0v) is 15.8. The number of nitrogens with zero attached hydrogens (tertiary/aromatic N) is 2. The lowest BCUT2D eigenvalue weighted by atomic mass is 9.95. The predicted molar refractivity (Wildman–Crippen MR) is 107 cm³/mol. The fourth-order valence-electron chi connectivity index (χ4n) is 3.83. The first-order valence-corrected chi connectivity index (χ1v) is 9.85. The summed E-state index contributed by atoms with van der Waals surface area (Å²) in [6.45, 7) is 6.62. The summed E-state index contributed by atoms with van der Waals surface area (Å²) in [5, 5.41) is 0. The van der Waals surface area contributed by atoms with Crippen LogP contribution in [-0.2, 0) is 17.8 Å². The van der Waals surface area contributed by atoms with Gasteiger partial charge in [0.25, 0.3) is 0 Å². The van der Waals surface area contributed by atoms with Gasteiger partial charge in [0, 0.05) is 26.2 Å².